The number of phosphoric acid groups is 1. The van der Waals surface area contributed by atoms with Crippen LogP contribution >= 0.6 is 7.82 Å². The summed E-state index contributed by atoms with van der Waals surface area (Å²) in [4.78, 5) is 34.9. The van der Waals surface area contributed by atoms with Crippen LogP contribution in [0.2, 0.25) is 0 Å². The highest BCUT2D eigenvalue weighted by Crippen LogP contribution is 2.43. The minimum Gasteiger partial charge on any atom is -0.462 e. The van der Waals surface area contributed by atoms with Gasteiger partial charge in [0.2, 0.25) is 0 Å². The van der Waals surface area contributed by atoms with E-state index in [4.69, 9.17) is 18.5 Å². The quantitative estimate of drug-likeness (QED) is 0.0258. The molecule has 2 atom stereocenters. The summed E-state index contributed by atoms with van der Waals surface area (Å²) in [5.41, 5.74) is 0. The van der Waals surface area contributed by atoms with Gasteiger partial charge >= 0.3 is 19.8 Å². The summed E-state index contributed by atoms with van der Waals surface area (Å²) in [6, 6.07) is 0. The summed E-state index contributed by atoms with van der Waals surface area (Å²) in [5, 5.41) is 0. The molecule has 0 heterocycles. The lowest BCUT2D eigenvalue weighted by molar-refractivity contribution is -0.870. The van der Waals surface area contributed by atoms with E-state index < -0.39 is 26.5 Å². The molecule has 9 nitrogen and oxygen atoms in total. The maximum Gasteiger partial charge on any atom is 0.472 e. The molecule has 10 heteroatoms. The monoisotopic (exact) mass is 660 g/mol. The number of rotatable bonds is 31. The number of phosphoric ester groups is 1. The number of nitrogens with zero attached hydrogens (tertiary/aromatic N) is 1. The van der Waals surface area contributed by atoms with Gasteiger partial charge in [0, 0.05) is 12.8 Å². The van der Waals surface area contributed by atoms with Crippen molar-refractivity contribution in [2.24, 2.45) is 0 Å². The van der Waals surface area contributed by atoms with Crippen molar-refractivity contribution >= 4 is 19.8 Å². The number of quaternary nitrogens is 1. The molecule has 0 aliphatic carbocycles. The molecule has 0 amide bonds. The van der Waals surface area contributed by atoms with Gasteiger partial charge < -0.3 is 18.9 Å². The third-order valence-electron chi connectivity index (χ3n) is 7.22. The van der Waals surface area contributed by atoms with Crippen LogP contribution in [0.25, 0.3) is 0 Å². The average molecular weight is 661 g/mol. The van der Waals surface area contributed by atoms with E-state index in [2.05, 4.69) is 38.2 Å². The van der Waals surface area contributed by atoms with Crippen LogP contribution in [0.1, 0.15) is 136 Å². The number of ether oxygens (including phenoxy) is 2. The van der Waals surface area contributed by atoms with Gasteiger partial charge in [0.15, 0.2) is 6.10 Å². The van der Waals surface area contributed by atoms with E-state index in [-0.39, 0.29) is 32.0 Å². The Morgan fingerprint density at radius 3 is 1.84 bits per heavy atom. The van der Waals surface area contributed by atoms with Gasteiger partial charge in [-0.15, -0.1) is 0 Å². The minimum absolute atomic E-state index is 0.0298. The number of carbonyl (C=O) groups excluding carboxylic acids is 2. The van der Waals surface area contributed by atoms with Gasteiger partial charge in [0.1, 0.15) is 19.8 Å². The Kier molecular flexibility index (Phi) is 27.7. The fourth-order valence-electron chi connectivity index (χ4n) is 4.40. The molecule has 0 rings (SSSR count). The van der Waals surface area contributed by atoms with Crippen LogP contribution < -0.4 is 0 Å². The Bertz CT molecular complexity index is 840. The van der Waals surface area contributed by atoms with Crippen LogP contribution in [-0.2, 0) is 32.7 Å². The zero-order valence-corrected chi connectivity index (χ0v) is 30.2. The zero-order chi connectivity index (χ0) is 33.7. The molecule has 0 aromatic heterocycles. The van der Waals surface area contributed by atoms with Crippen molar-refractivity contribution in [3.8, 4) is 0 Å². The second-order valence-corrected chi connectivity index (χ2v) is 14.4. The highest BCUT2D eigenvalue weighted by Gasteiger charge is 2.27. The maximum atomic E-state index is 12.5. The molecule has 0 bridgehead atoms. The van der Waals surface area contributed by atoms with Crippen molar-refractivity contribution in [1.82, 2.24) is 0 Å². The normalized spacial score (nSPS) is 14.2. The predicted molar refractivity (Wildman–Crippen MR) is 183 cm³/mol. The molecule has 1 unspecified atom stereocenters. The van der Waals surface area contributed by atoms with Crippen LogP contribution in [0.5, 0.6) is 0 Å². The molecule has 0 aromatic carbocycles. The van der Waals surface area contributed by atoms with E-state index in [0.29, 0.717) is 17.4 Å². The second kappa shape index (κ2) is 28.7. The number of allylic oxidation sites excluding steroid dienone is 4. The van der Waals surface area contributed by atoms with Gasteiger partial charge in [-0.25, -0.2) is 4.57 Å². The van der Waals surface area contributed by atoms with Gasteiger partial charge in [-0.05, 0) is 38.5 Å². The van der Waals surface area contributed by atoms with Gasteiger partial charge in [0.05, 0.1) is 27.7 Å². The Balaban J connectivity index is 4.50. The summed E-state index contributed by atoms with van der Waals surface area (Å²) in [7, 11) is 1.46. The molecule has 0 spiro atoms. The van der Waals surface area contributed by atoms with Crippen LogP contribution in [0.3, 0.4) is 0 Å². The van der Waals surface area contributed by atoms with Crippen molar-refractivity contribution in [2.45, 2.75) is 142 Å². The van der Waals surface area contributed by atoms with Gasteiger partial charge in [0.25, 0.3) is 0 Å². The molecular weight excluding hydrogens is 593 g/mol. The number of hydrogen-bond acceptors (Lipinski definition) is 7. The summed E-state index contributed by atoms with van der Waals surface area (Å²) in [5.74, 6) is -0.822. The van der Waals surface area contributed by atoms with Crippen LogP contribution in [0.4, 0.5) is 0 Å². The maximum absolute atomic E-state index is 12.5. The summed E-state index contributed by atoms with van der Waals surface area (Å²) >= 11 is 0. The highest BCUT2D eigenvalue weighted by molar-refractivity contribution is 7.47. The molecule has 0 radical (unpaired) electrons. The lowest BCUT2D eigenvalue weighted by Gasteiger charge is -2.24. The van der Waals surface area contributed by atoms with Gasteiger partial charge in [-0.1, -0.05) is 109 Å². The third kappa shape index (κ3) is 32.2. The lowest BCUT2D eigenvalue weighted by Crippen LogP contribution is -2.37. The smallest absolute Gasteiger partial charge is 0.462 e. The van der Waals surface area contributed by atoms with Crippen molar-refractivity contribution < 1.29 is 42.1 Å². The molecule has 0 saturated heterocycles. The molecule has 0 saturated carbocycles. The van der Waals surface area contributed by atoms with Crippen LogP contribution in [0.15, 0.2) is 24.3 Å². The fourth-order valence-corrected chi connectivity index (χ4v) is 5.14. The van der Waals surface area contributed by atoms with Crippen molar-refractivity contribution in [3.63, 3.8) is 0 Å². The van der Waals surface area contributed by atoms with E-state index in [1.54, 1.807) is 0 Å². The molecule has 0 aliphatic rings. The van der Waals surface area contributed by atoms with Crippen molar-refractivity contribution in [1.29, 1.82) is 0 Å². The SMILES string of the molecule is CCC/C=C/C/C=C\CCCCCCCC(=O)O[C@H](COC(=O)CCCCCCCCCC)COP(=O)(O)OCC[N+](C)(C)C. The Hall–Kier alpha value is -1.51. The Labute approximate surface area is 275 Å². The third-order valence-corrected chi connectivity index (χ3v) is 8.20. The first-order valence-electron chi connectivity index (χ1n) is 17.6. The first kappa shape index (κ1) is 43.5. The van der Waals surface area contributed by atoms with Crippen molar-refractivity contribution in [2.75, 3.05) is 47.5 Å². The fraction of sp³-hybridized carbons (Fsp3) is 0.829. The van der Waals surface area contributed by atoms with Gasteiger partial charge in [-0.2, -0.15) is 0 Å². The molecule has 0 aliphatic heterocycles. The first-order valence-corrected chi connectivity index (χ1v) is 19.1. The topological polar surface area (TPSA) is 108 Å². The van der Waals surface area contributed by atoms with Crippen LogP contribution in [-0.4, -0.2) is 74.9 Å². The Morgan fingerprint density at radius 1 is 0.689 bits per heavy atom. The Morgan fingerprint density at radius 2 is 1.24 bits per heavy atom. The number of hydrogen-bond donors (Lipinski definition) is 1. The number of likely N-dealkylation sites (N-methyl/N-ethyl adjacent to an activating group) is 1. The molecule has 45 heavy (non-hydrogen) atoms. The lowest BCUT2D eigenvalue weighted by atomic mass is 10.1. The number of unbranched alkanes of at least 4 members (excludes halogenated alkanes) is 13. The minimum atomic E-state index is -4.36. The highest BCUT2D eigenvalue weighted by atomic mass is 31.2. The first-order chi connectivity index (χ1) is 21.5. The second-order valence-electron chi connectivity index (χ2n) is 12.9. The number of carbonyl (C=O) groups is 2. The molecule has 264 valence electrons. The summed E-state index contributed by atoms with van der Waals surface area (Å²) < 4.78 is 34.0. The van der Waals surface area contributed by atoms with Crippen molar-refractivity contribution in [3.05, 3.63) is 24.3 Å². The van der Waals surface area contributed by atoms with E-state index in [0.717, 1.165) is 64.2 Å². The van der Waals surface area contributed by atoms with Gasteiger partial charge in [-0.3, -0.25) is 18.6 Å². The average Bonchev–Trinajstić information content (AvgIpc) is 2.97. The largest absolute Gasteiger partial charge is 0.472 e. The van der Waals surface area contributed by atoms with E-state index in [1.165, 1.54) is 38.5 Å². The summed E-state index contributed by atoms with van der Waals surface area (Å²) in [6.45, 7) is 4.28. The van der Waals surface area contributed by atoms with E-state index >= 15 is 0 Å². The predicted octanol–water partition coefficient (Wildman–Crippen LogP) is 8.85. The molecular formula is C35H67NO8P+. The van der Waals surface area contributed by atoms with E-state index in [9.17, 15) is 19.0 Å². The number of esters is 2. The zero-order valence-electron chi connectivity index (χ0n) is 29.3. The molecule has 0 aromatic rings. The molecule has 1 N–H and O–H groups in total. The van der Waals surface area contributed by atoms with E-state index in [1.807, 2.05) is 21.1 Å². The van der Waals surface area contributed by atoms with Crippen LogP contribution in [0, 0.1) is 0 Å². The summed E-state index contributed by atoms with van der Waals surface area (Å²) in [6.07, 6.45) is 26.6. The standard InChI is InChI=1S/C35H66NO8P/c1-6-8-10-12-14-16-17-18-19-20-22-24-26-28-35(38)44-33(32-43-45(39,40)42-30-29-36(3,4)5)31-41-34(37)27-25-23-21-15-13-11-9-7-2/h10,12,16-17,33H,6-9,11,13-15,18-32H2,1-5H3/p+1/b12-10+,17-16-/t33-/m1/s1. The molecule has 0 fully saturated rings.